The number of nitrogens with two attached hydrogens (primary N) is 1. The zero-order valence-corrected chi connectivity index (χ0v) is 12.8. The van der Waals surface area contributed by atoms with Crippen LogP contribution in [0.5, 0.6) is 0 Å². The Labute approximate surface area is 130 Å². The summed E-state index contributed by atoms with van der Waals surface area (Å²) in [5, 5.41) is 2.51. The van der Waals surface area contributed by atoms with Crippen molar-refractivity contribution in [2.75, 3.05) is 11.9 Å². The van der Waals surface area contributed by atoms with Gasteiger partial charge in [0.25, 0.3) is 5.91 Å². The van der Waals surface area contributed by atoms with E-state index in [2.05, 4.69) is 10.2 Å². The first-order chi connectivity index (χ1) is 10.6. The molecular weight excluding hydrogens is 278 g/mol. The summed E-state index contributed by atoms with van der Waals surface area (Å²) < 4.78 is 0. The fourth-order valence-corrected chi connectivity index (χ4v) is 3.88. The van der Waals surface area contributed by atoms with Gasteiger partial charge in [0.15, 0.2) is 0 Å². The van der Waals surface area contributed by atoms with Crippen LogP contribution in [0.1, 0.15) is 48.9 Å². The predicted molar refractivity (Wildman–Crippen MR) is 85.7 cm³/mol. The van der Waals surface area contributed by atoms with E-state index in [1.807, 2.05) is 0 Å². The fourth-order valence-electron chi connectivity index (χ4n) is 3.88. The lowest BCUT2D eigenvalue weighted by Gasteiger charge is -2.29. The molecule has 22 heavy (non-hydrogen) atoms. The van der Waals surface area contributed by atoms with Crippen LogP contribution in [-0.2, 0) is 0 Å². The van der Waals surface area contributed by atoms with E-state index in [4.69, 9.17) is 5.73 Å². The number of rotatable bonds is 3. The summed E-state index contributed by atoms with van der Waals surface area (Å²) in [6.07, 6.45) is 7.37. The Hall–Kier alpha value is -2.04. The maximum atomic E-state index is 12.8. The molecule has 1 aliphatic heterocycles. The SMILES string of the molecule is NC(=O)Nc1ccc(C(=O)N2CCCC2C2CCCC2)cc1. The second-order valence-electron chi connectivity index (χ2n) is 6.32. The Morgan fingerprint density at radius 3 is 2.36 bits per heavy atom. The minimum atomic E-state index is -0.597. The van der Waals surface area contributed by atoms with Crippen molar-refractivity contribution < 1.29 is 9.59 Å². The molecule has 0 radical (unpaired) electrons. The number of carbonyl (C=O) groups is 2. The minimum absolute atomic E-state index is 0.111. The van der Waals surface area contributed by atoms with Gasteiger partial charge in [0, 0.05) is 23.8 Å². The summed E-state index contributed by atoms with van der Waals surface area (Å²) in [5.41, 5.74) is 6.37. The van der Waals surface area contributed by atoms with Gasteiger partial charge in [-0.15, -0.1) is 0 Å². The van der Waals surface area contributed by atoms with Gasteiger partial charge in [-0.1, -0.05) is 12.8 Å². The number of urea groups is 1. The largest absolute Gasteiger partial charge is 0.351 e. The van der Waals surface area contributed by atoms with E-state index in [9.17, 15) is 9.59 Å². The molecule has 2 fully saturated rings. The number of hydrogen-bond donors (Lipinski definition) is 2. The summed E-state index contributed by atoms with van der Waals surface area (Å²) in [4.78, 5) is 25.6. The average molecular weight is 301 g/mol. The summed E-state index contributed by atoms with van der Waals surface area (Å²) in [5.74, 6) is 0.794. The normalized spacial score (nSPS) is 22.0. The maximum absolute atomic E-state index is 12.8. The molecule has 1 atom stereocenters. The number of benzene rings is 1. The molecule has 118 valence electrons. The predicted octanol–water partition coefficient (Wildman–Crippen LogP) is 2.97. The first-order valence-electron chi connectivity index (χ1n) is 8.12. The van der Waals surface area contributed by atoms with Crippen molar-refractivity contribution in [2.45, 2.75) is 44.6 Å². The molecule has 1 aromatic carbocycles. The van der Waals surface area contributed by atoms with Crippen LogP contribution in [0.2, 0.25) is 0 Å². The Balaban J connectivity index is 1.70. The third-order valence-corrected chi connectivity index (χ3v) is 4.90. The van der Waals surface area contributed by atoms with E-state index < -0.39 is 6.03 Å². The van der Waals surface area contributed by atoms with Gasteiger partial charge >= 0.3 is 6.03 Å². The monoisotopic (exact) mass is 301 g/mol. The van der Waals surface area contributed by atoms with Crippen molar-refractivity contribution in [3.05, 3.63) is 29.8 Å². The van der Waals surface area contributed by atoms with Crippen LogP contribution in [-0.4, -0.2) is 29.4 Å². The second kappa shape index (κ2) is 6.38. The molecule has 1 aromatic rings. The standard InChI is InChI=1S/C17H23N3O2/c18-17(22)19-14-9-7-13(8-10-14)16(21)20-11-3-6-15(20)12-4-1-2-5-12/h7-10,12,15H,1-6,11H2,(H3,18,19,22). The zero-order chi connectivity index (χ0) is 15.5. The molecule has 5 heteroatoms. The van der Waals surface area contributed by atoms with Gasteiger partial charge in [0.05, 0.1) is 0 Å². The fraction of sp³-hybridized carbons (Fsp3) is 0.529. The third-order valence-electron chi connectivity index (χ3n) is 4.90. The highest BCUT2D eigenvalue weighted by Crippen LogP contribution is 2.36. The lowest BCUT2D eigenvalue weighted by Crippen LogP contribution is -2.39. The molecule has 1 aliphatic carbocycles. The average Bonchev–Trinajstić information content (AvgIpc) is 3.17. The summed E-state index contributed by atoms with van der Waals surface area (Å²) in [6, 6.07) is 6.78. The Bertz CT molecular complexity index is 550. The smallest absolute Gasteiger partial charge is 0.316 e. The summed E-state index contributed by atoms with van der Waals surface area (Å²) in [7, 11) is 0. The van der Waals surface area contributed by atoms with E-state index in [1.54, 1.807) is 24.3 Å². The molecule has 3 rings (SSSR count). The highest BCUT2D eigenvalue weighted by molar-refractivity contribution is 5.95. The molecule has 1 saturated heterocycles. The molecule has 5 nitrogen and oxygen atoms in total. The third kappa shape index (κ3) is 3.08. The molecule has 0 spiro atoms. The van der Waals surface area contributed by atoms with Crippen molar-refractivity contribution in [1.82, 2.24) is 4.90 Å². The topological polar surface area (TPSA) is 75.4 Å². The first kappa shape index (κ1) is 14.9. The van der Waals surface area contributed by atoms with Crippen LogP contribution in [0.4, 0.5) is 10.5 Å². The number of nitrogens with one attached hydrogen (secondary N) is 1. The highest BCUT2D eigenvalue weighted by Gasteiger charge is 2.36. The van der Waals surface area contributed by atoms with Crippen LogP contribution in [0.15, 0.2) is 24.3 Å². The molecule has 3 amide bonds. The summed E-state index contributed by atoms with van der Waals surface area (Å²) in [6.45, 7) is 0.862. The molecule has 0 bridgehead atoms. The number of amides is 3. The number of hydrogen-bond acceptors (Lipinski definition) is 2. The van der Waals surface area contributed by atoms with E-state index >= 15 is 0 Å². The van der Waals surface area contributed by atoms with Gasteiger partial charge in [-0.25, -0.2) is 4.79 Å². The van der Waals surface area contributed by atoms with Gasteiger partial charge in [0.2, 0.25) is 0 Å². The van der Waals surface area contributed by atoms with Gasteiger partial charge in [0.1, 0.15) is 0 Å². The Morgan fingerprint density at radius 1 is 1.05 bits per heavy atom. The van der Waals surface area contributed by atoms with Crippen LogP contribution >= 0.6 is 0 Å². The number of likely N-dealkylation sites (tertiary alicyclic amines) is 1. The van der Waals surface area contributed by atoms with Crippen molar-refractivity contribution in [3.8, 4) is 0 Å². The van der Waals surface area contributed by atoms with E-state index in [0.717, 1.165) is 19.4 Å². The highest BCUT2D eigenvalue weighted by atomic mass is 16.2. The van der Waals surface area contributed by atoms with Crippen LogP contribution in [0.3, 0.4) is 0 Å². The van der Waals surface area contributed by atoms with Crippen molar-refractivity contribution in [1.29, 1.82) is 0 Å². The van der Waals surface area contributed by atoms with Crippen molar-refractivity contribution in [3.63, 3.8) is 0 Å². The van der Waals surface area contributed by atoms with E-state index in [1.165, 1.54) is 25.7 Å². The van der Waals surface area contributed by atoms with Crippen LogP contribution < -0.4 is 11.1 Å². The zero-order valence-electron chi connectivity index (χ0n) is 12.8. The maximum Gasteiger partial charge on any atom is 0.316 e. The Morgan fingerprint density at radius 2 is 1.73 bits per heavy atom. The minimum Gasteiger partial charge on any atom is -0.351 e. The Kier molecular flexibility index (Phi) is 4.32. The molecule has 2 aliphatic rings. The molecular formula is C17H23N3O2. The number of carbonyl (C=O) groups excluding carboxylic acids is 2. The molecule has 3 N–H and O–H groups in total. The van der Waals surface area contributed by atoms with Gasteiger partial charge in [-0.3, -0.25) is 4.79 Å². The number of nitrogens with zero attached hydrogens (tertiary/aromatic N) is 1. The summed E-state index contributed by atoms with van der Waals surface area (Å²) >= 11 is 0. The lowest BCUT2D eigenvalue weighted by atomic mass is 9.95. The second-order valence-corrected chi connectivity index (χ2v) is 6.32. The van der Waals surface area contributed by atoms with E-state index in [-0.39, 0.29) is 5.91 Å². The van der Waals surface area contributed by atoms with Crippen molar-refractivity contribution >= 4 is 17.6 Å². The molecule has 1 saturated carbocycles. The van der Waals surface area contributed by atoms with Gasteiger partial charge < -0.3 is 16.0 Å². The number of primary amides is 1. The van der Waals surface area contributed by atoms with E-state index in [0.29, 0.717) is 23.2 Å². The molecule has 0 aromatic heterocycles. The van der Waals surface area contributed by atoms with Gasteiger partial charge in [-0.2, -0.15) is 0 Å². The van der Waals surface area contributed by atoms with Crippen LogP contribution in [0, 0.1) is 5.92 Å². The lowest BCUT2D eigenvalue weighted by molar-refractivity contribution is 0.0689. The van der Waals surface area contributed by atoms with Crippen LogP contribution in [0.25, 0.3) is 0 Å². The van der Waals surface area contributed by atoms with Crippen molar-refractivity contribution in [2.24, 2.45) is 11.7 Å². The molecule has 1 heterocycles. The quantitative estimate of drug-likeness (QED) is 0.900. The van der Waals surface area contributed by atoms with Gasteiger partial charge in [-0.05, 0) is 55.9 Å². The first-order valence-corrected chi connectivity index (χ1v) is 8.12. The number of anilines is 1. The molecule has 1 unspecified atom stereocenters.